The molecule has 0 saturated carbocycles. The molecule has 0 aromatic heterocycles. The van der Waals surface area contributed by atoms with Crippen LogP contribution in [0.4, 0.5) is 0 Å². The first kappa shape index (κ1) is 53.6. The van der Waals surface area contributed by atoms with Crippen LogP contribution < -0.4 is 16.0 Å². The third-order valence-corrected chi connectivity index (χ3v) is 11.0. The van der Waals surface area contributed by atoms with Gasteiger partial charge < -0.3 is 110 Å². The maximum atomic E-state index is 12.7. The SMILES string of the molecule is CC(=O)N[C@@H]1[C@@H](O[C@@H]2O[C@H](CO[C@]3(C(=O)O)C[C@H](O)[C@@H](NC(C)=O)[C@H]([C@H](O)[C@H](O)CO)O3)[C@H](O)[C@H](O)[C@H]2O)[C@@H](O)[C@@H](CO[C@@H]2O[C@H](COS(=O)(=O)O)[C@@H](O)[C@H](O)[C@H]2NC(C)=O)O[C@H]1O. The number of carbonyl (C=O) groups is 4. The number of carboxylic acids is 1. The monoisotopic (exact) mass is 957 g/mol. The smallest absolute Gasteiger partial charge is 0.397 e. The first-order chi connectivity index (χ1) is 29.7. The van der Waals surface area contributed by atoms with Crippen molar-refractivity contribution in [2.24, 2.45) is 0 Å². The van der Waals surface area contributed by atoms with Crippen LogP contribution in [-0.2, 0) is 66.9 Å². The lowest BCUT2D eigenvalue weighted by atomic mass is 9.88. The van der Waals surface area contributed by atoms with Gasteiger partial charge in [0.15, 0.2) is 18.9 Å². The zero-order valence-electron chi connectivity index (χ0n) is 34.0. The molecule has 0 aromatic carbocycles. The molecule has 64 heavy (non-hydrogen) atoms. The van der Waals surface area contributed by atoms with Crippen LogP contribution >= 0.6 is 0 Å². The van der Waals surface area contributed by atoms with Crippen LogP contribution in [-0.4, -0.2) is 253 Å². The number of aliphatic carboxylic acids is 1. The molecule has 370 valence electrons. The second-order valence-corrected chi connectivity index (χ2v) is 16.5. The van der Waals surface area contributed by atoms with Gasteiger partial charge in [0.25, 0.3) is 5.79 Å². The van der Waals surface area contributed by atoms with Crippen LogP contribution in [0.2, 0.25) is 0 Å². The Morgan fingerprint density at radius 3 is 1.80 bits per heavy atom. The van der Waals surface area contributed by atoms with Crippen molar-refractivity contribution in [3.63, 3.8) is 0 Å². The minimum absolute atomic E-state index is 0.777. The number of aliphatic hydroxyl groups is 11. The standard InChI is InChI=1S/C33H55N3O27S/c1-9(38)34-17-12(41)4-33(32(51)52,63-28(17)20(43)13(42)5-37)57-7-15-22(45)25(48)26(49)31(61-15)62-27-19(36-11(3)40)29(50)59-14(23(27)46)6-56-30-18(35-10(2)39)24(47)21(44)16(60-30)8-58-64(53,54)55/h12-31,37,41-50H,4-8H2,1-3H3,(H,34,38)(H,35,39)(H,36,40)(H,51,52)(H,53,54,55)/t12-,13+,14+,15+,16+,17+,18+,19+,20+,21+,22-,23-,24+,25-,26+,27+,28+,29+,30+,31-,33+/m0/s1. The van der Waals surface area contributed by atoms with E-state index in [-0.39, 0.29) is 0 Å². The number of carboxylic acid groups (broad SMARTS) is 1. The van der Waals surface area contributed by atoms with Crippen molar-refractivity contribution in [3.05, 3.63) is 0 Å². The van der Waals surface area contributed by atoms with Gasteiger partial charge in [0, 0.05) is 27.2 Å². The lowest BCUT2D eigenvalue weighted by Gasteiger charge is -2.48. The number of ether oxygens (including phenoxy) is 7. The largest absolute Gasteiger partial charge is 0.477 e. The summed E-state index contributed by atoms with van der Waals surface area (Å²) in [6, 6.07) is -4.89. The van der Waals surface area contributed by atoms with Crippen LogP contribution in [0.25, 0.3) is 0 Å². The Morgan fingerprint density at radius 1 is 0.703 bits per heavy atom. The van der Waals surface area contributed by atoms with Crippen molar-refractivity contribution < 1.29 is 131 Å². The van der Waals surface area contributed by atoms with Gasteiger partial charge in [-0.25, -0.2) is 8.98 Å². The van der Waals surface area contributed by atoms with Crippen molar-refractivity contribution >= 4 is 34.1 Å². The van der Waals surface area contributed by atoms with Gasteiger partial charge in [-0.15, -0.1) is 0 Å². The van der Waals surface area contributed by atoms with Gasteiger partial charge in [0.05, 0.1) is 38.6 Å². The summed E-state index contributed by atoms with van der Waals surface area (Å²) in [5, 5.41) is 134. The molecule has 0 unspecified atom stereocenters. The topological polar surface area (TPSA) is 475 Å². The quantitative estimate of drug-likeness (QED) is 0.0567. The summed E-state index contributed by atoms with van der Waals surface area (Å²) in [6.07, 6.45) is -34.8. The molecule has 0 radical (unpaired) electrons. The molecule has 4 fully saturated rings. The average molecular weight is 958 g/mol. The average Bonchev–Trinajstić information content (AvgIpc) is 3.20. The second kappa shape index (κ2) is 22.2. The normalized spacial score (nSPS) is 41.6. The zero-order valence-corrected chi connectivity index (χ0v) is 34.8. The second-order valence-electron chi connectivity index (χ2n) is 15.4. The molecule has 21 atom stereocenters. The number of amides is 3. The van der Waals surface area contributed by atoms with E-state index in [9.17, 15) is 88.9 Å². The van der Waals surface area contributed by atoms with Gasteiger partial charge in [0.2, 0.25) is 17.7 Å². The highest BCUT2D eigenvalue weighted by atomic mass is 32.3. The number of nitrogens with one attached hydrogen (secondary N) is 3. The fraction of sp³-hybridized carbons (Fsp3) is 0.879. The fourth-order valence-corrected chi connectivity index (χ4v) is 7.69. The number of rotatable bonds is 18. The Kier molecular flexibility index (Phi) is 18.6. The molecular formula is C33H55N3O27S. The molecule has 4 saturated heterocycles. The van der Waals surface area contributed by atoms with Crippen molar-refractivity contribution in [1.29, 1.82) is 0 Å². The third kappa shape index (κ3) is 12.9. The lowest BCUT2D eigenvalue weighted by molar-refractivity contribution is -0.358. The highest BCUT2D eigenvalue weighted by Crippen LogP contribution is 2.36. The van der Waals surface area contributed by atoms with Gasteiger partial charge in [-0.3, -0.25) is 18.9 Å². The Bertz CT molecular complexity index is 1720. The molecule has 4 rings (SSSR count). The summed E-state index contributed by atoms with van der Waals surface area (Å²) in [5.74, 6) is -7.31. The number of aliphatic hydroxyl groups excluding tert-OH is 11. The van der Waals surface area contributed by atoms with E-state index in [1.165, 1.54) is 0 Å². The van der Waals surface area contributed by atoms with Crippen molar-refractivity contribution in [2.75, 3.05) is 26.4 Å². The molecule has 4 aliphatic heterocycles. The van der Waals surface area contributed by atoms with Gasteiger partial charge in [-0.2, -0.15) is 8.42 Å². The van der Waals surface area contributed by atoms with Gasteiger partial charge in [0.1, 0.15) is 91.4 Å². The van der Waals surface area contributed by atoms with Gasteiger partial charge >= 0.3 is 16.4 Å². The Balaban J connectivity index is 1.56. The minimum Gasteiger partial charge on any atom is -0.477 e. The van der Waals surface area contributed by atoms with Gasteiger partial charge in [-0.1, -0.05) is 0 Å². The highest BCUT2D eigenvalue weighted by Gasteiger charge is 2.58. The predicted molar refractivity (Wildman–Crippen MR) is 196 cm³/mol. The molecule has 0 aromatic rings. The number of hydrogen-bond donors (Lipinski definition) is 16. The lowest BCUT2D eigenvalue weighted by Crippen LogP contribution is -2.69. The number of carbonyl (C=O) groups excluding carboxylic acids is 3. The van der Waals surface area contributed by atoms with E-state index in [0.717, 1.165) is 20.8 Å². The summed E-state index contributed by atoms with van der Waals surface area (Å²) in [4.78, 5) is 48.6. The van der Waals surface area contributed by atoms with E-state index in [4.69, 9.17) is 37.7 Å². The molecule has 31 heteroatoms. The minimum atomic E-state index is -5.08. The molecular weight excluding hydrogens is 902 g/mol. The van der Waals surface area contributed by atoms with Crippen molar-refractivity contribution in [3.8, 4) is 0 Å². The summed E-state index contributed by atoms with van der Waals surface area (Å²) < 4.78 is 74.5. The Morgan fingerprint density at radius 2 is 1.23 bits per heavy atom. The first-order valence-corrected chi connectivity index (χ1v) is 20.7. The third-order valence-electron chi connectivity index (χ3n) is 10.6. The molecule has 4 heterocycles. The van der Waals surface area contributed by atoms with E-state index >= 15 is 0 Å². The first-order valence-electron chi connectivity index (χ1n) is 19.3. The van der Waals surface area contributed by atoms with E-state index in [1.54, 1.807) is 0 Å². The molecule has 30 nitrogen and oxygen atoms in total. The van der Waals surface area contributed by atoms with E-state index in [1.807, 2.05) is 0 Å². The maximum Gasteiger partial charge on any atom is 0.397 e. The van der Waals surface area contributed by atoms with Gasteiger partial charge in [-0.05, 0) is 0 Å². The highest BCUT2D eigenvalue weighted by molar-refractivity contribution is 7.80. The number of hydrogen-bond acceptors (Lipinski definition) is 25. The summed E-state index contributed by atoms with van der Waals surface area (Å²) >= 11 is 0. The Labute approximate surface area is 362 Å². The molecule has 0 bridgehead atoms. The Hall–Kier alpha value is -2.97. The fourth-order valence-electron chi connectivity index (χ4n) is 7.38. The van der Waals surface area contributed by atoms with Crippen LogP contribution in [0, 0.1) is 0 Å². The van der Waals surface area contributed by atoms with Crippen LogP contribution in [0.5, 0.6) is 0 Å². The zero-order chi connectivity index (χ0) is 48.2. The van der Waals surface area contributed by atoms with Crippen molar-refractivity contribution in [1.82, 2.24) is 16.0 Å². The molecule has 16 N–H and O–H groups in total. The molecule has 4 aliphatic rings. The van der Waals surface area contributed by atoms with Crippen LogP contribution in [0.15, 0.2) is 0 Å². The van der Waals surface area contributed by atoms with E-state index < -0.39 is 195 Å². The van der Waals surface area contributed by atoms with Crippen molar-refractivity contribution in [2.45, 2.75) is 155 Å². The predicted octanol–water partition coefficient (Wildman–Crippen LogP) is -10.3. The van der Waals surface area contributed by atoms with E-state index in [2.05, 4.69) is 20.1 Å². The summed E-state index contributed by atoms with van der Waals surface area (Å²) in [7, 11) is -5.08. The molecule has 3 amide bonds. The molecule has 0 spiro atoms. The molecule has 0 aliphatic carbocycles. The summed E-state index contributed by atoms with van der Waals surface area (Å²) in [6.45, 7) is -1.10. The van der Waals surface area contributed by atoms with E-state index in [0.29, 0.717) is 0 Å². The van der Waals surface area contributed by atoms with Crippen LogP contribution in [0.1, 0.15) is 27.2 Å². The maximum absolute atomic E-state index is 12.7. The van der Waals surface area contributed by atoms with Crippen LogP contribution in [0.3, 0.4) is 0 Å². The summed E-state index contributed by atoms with van der Waals surface area (Å²) in [5.41, 5.74) is 0.